The normalized spacial score (nSPS) is 11.7. The van der Waals surface area contributed by atoms with E-state index in [1.807, 2.05) is 26.0 Å². The Bertz CT molecular complexity index is 787. The van der Waals surface area contributed by atoms with Gasteiger partial charge in [-0.2, -0.15) is 5.26 Å². The molecule has 0 spiro atoms. The van der Waals surface area contributed by atoms with Crippen molar-refractivity contribution in [1.29, 1.82) is 5.26 Å². The number of pyridine rings is 1. The van der Waals surface area contributed by atoms with Crippen LogP contribution in [0, 0.1) is 11.3 Å². The maximum atomic E-state index is 12.1. The first-order valence-electron chi connectivity index (χ1n) is 7.12. The molecule has 0 amide bonds. The summed E-state index contributed by atoms with van der Waals surface area (Å²) >= 11 is 0. The number of hydrogen-bond acceptors (Lipinski definition) is 5. The van der Waals surface area contributed by atoms with Gasteiger partial charge < -0.3 is 5.32 Å². The number of fused-ring (bicyclic) bond motifs is 1. The van der Waals surface area contributed by atoms with Crippen molar-refractivity contribution in [3.8, 4) is 6.07 Å². The minimum Gasteiger partial charge on any atom is -0.367 e. The zero-order valence-corrected chi connectivity index (χ0v) is 13.5. The highest BCUT2D eigenvalue weighted by atomic mass is 32.2. The Labute approximate surface area is 130 Å². The molecule has 0 aliphatic carbocycles. The van der Waals surface area contributed by atoms with E-state index in [0.717, 1.165) is 0 Å². The van der Waals surface area contributed by atoms with Crippen LogP contribution in [0.2, 0.25) is 0 Å². The van der Waals surface area contributed by atoms with Crippen LogP contribution in [0.3, 0.4) is 0 Å². The Kier molecular flexibility index (Phi) is 5.00. The maximum Gasteiger partial charge on any atom is 0.215 e. The first kappa shape index (κ1) is 16.3. The molecule has 0 unspecified atom stereocenters. The van der Waals surface area contributed by atoms with Crippen LogP contribution in [0.25, 0.3) is 5.65 Å². The van der Waals surface area contributed by atoms with Gasteiger partial charge in [0.15, 0.2) is 11.5 Å². The average Bonchev–Trinajstić information content (AvgIpc) is 2.85. The van der Waals surface area contributed by atoms with E-state index in [2.05, 4.69) is 16.4 Å². The molecule has 0 aliphatic heterocycles. The van der Waals surface area contributed by atoms with Gasteiger partial charge in [0.1, 0.15) is 11.7 Å². The summed E-state index contributed by atoms with van der Waals surface area (Å²) in [6.07, 6.45) is 1.75. The van der Waals surface area contributed by atoms with Gasteiger partial charge in [-0.25, -0.2) is 17.7 Å². The number of sulfonamides is 1. The first-order chi connectivity index (χ1) is 10.5. The highest BCUT2D eigenvalue weighted by Gasteiger charge is 2.19. The lowest BCUT2D eigenvalue weighted by Gasteiger charge is -2.18. The van der Waals surface area contributed by atoms with E-state index < -0.39 is 10.0 Å². The van der Waals surface area contributed by atoms with Gasteiger partial charge in [0.05, 0.1) is 5.75 Å². The van der Waals surface area contributed by atoms with Gasteiger partial charge in [-0.15, -0.1) is 0 Å². The molecule has 0 atom stereocenters. The molecule has 0 saturated carbocycles. The van der Waals surface area contributed by atoms with Gasteiger partial charge in [0.25, 0.3) is 0 Å². The monoisotopic (exact) mass is 321 g/mol. The number of nitrogens with one attached hydrogen (secondary N) is 1. The average molecular weight is 321 g/mol. The Hall–Kier alpha value is -2.11. The molecule has 2 aromatic heterocycles. The quantitative estimate of drug-likeness (QED) is 0.830. The maximum absolute atomic E-state index is 12.1. The molecule has 0 fully saturated rings. The van der Waals surface area contributed by atoms with Crippen LogP contribution in [-0.4, -0.2) is 47.5 Å². The fourth-order valence-electron chi connectivity index (χ4n) is 2.27. The topological polar surface area (TPSA) is 90.5 Å². The Morgan fingerprint density at radius 2 is 2.09 bits per heavy atom. The summed E-state index contributed by atoms with van der Waals surface area (Å²) in [6, 6.07) is 7.52. The largest absolute Gasteiger partial charge is 0.367 e. The van der Waals surface area contributed by atoms with E-state index in [9.17, 15) is 13.7 Å². The van der Waals surface area contributed by atoms with Gasteiger partial charge in [0.2, 0.25) is 10.0 Å². The lowest BCUT2D eigenvalue weighted by Crippen LogP contribution is -2.34. The van der Waals surface area contributed by atoms with Crippen LogP contribution >= 0.6 is 0 Å². The van der Waals surface area contributed by atoms with Crippen LogP contribution < -0.4 is 5.32 Å². The molecule has 7 nitrogen and oxygen atoms in total. The van der Waals surface area contributed by atoms with E-state index in [1.54, 1.807) is 16.7 Å². The van der Waals surface area contributed by atoms with Crippen molar-refractivity contribution >= 4 is 21.5 Å². The van der Waals surface area contributed by atoms with Crippen LogP contribution in [-0.2, 0) is 10.0 Å². The fraction of sp³-hybridized carbons (Fsp3) is 0.429. The highest BCUT2D eigenvalue weighted by Crippen LogP contribution is 2.16. The molecular formula is C14H19N5O2S. The second-order valence-corrected chi connectivity index (χ2v) is 6.77. The van der Waals surface area contributed by atoms with E-state index in [4.69, 9.17) is 0 Å². The summed E-state index contributed by atoms with van der Waals surface area (Å²) in [5, 5.41) is 12.2. The van der Waals surface area contributed by atoms with Crippen molar-refractivity contribution in [2.24, 2.45) is 0 Å². The number of aromatic nitrogens is 2. The molecular weight excluding hydrogens is 302 g/mol. The van der Waals surface area contributed by atoms with Crippen molar-refractivity contribution in [1.82, 2.24) is 13.7 Å². The third-order valence-corrected chi connectivity index (χ3v) is 5.41. The van der Waals surface area contributed by atoms with E-state index in [0.29, 0.717) is 30.2 Å². The number of nitriles is 1. The van der Waals surface area contributed by atoms with Crippen LogP contribution in [0.4, 0.5) is 5.82 Å². The third kappa shape index (κ3) is 3.21. The number of imidazole rings is 1. The second-order valence-electron chi connectivity index (χ2n) is 4.68. The summed E-state index contributed by atoms with van der Waals surface area (Å²) in [5.74, 6) is 0.372. The van der Waals surface area contributed by atoms with Crippen molar-refractivity contribution < 1.29 is 8.42 Å². The molecule has 0 aliphatic rings. The molecule has 0 bridgehead atoms. The molecule has 0 radical (unpaired) electrons. The van der Waals surface area contributed by atoms with Crippen LogP contribution in [0.5, 0.6) is 0 Å². The van der Waals surface area contributed by atoms with Gasteiger partial charge >= 0.3 is 0 Å². The Morgan fingerprint density at radius 1 is 1.36 bits per heavy atom. The lowest BCUT2D eigenvalue weighted by atomic mass is 10.4. The zero-order valence-electron chi connectivity index (χ0n) is 12.7. The molecule has 2 rings (SSSR count). The lowest BCUT2D eigenvalue weighted by molar-refractivity contribution is 0.446. The molecule has 8 heteroatoms. The summed E-state index contributed by atoms with van der Waals surface area (Å²) in [7, 11) is -3.29. The molecule has 0 aromatic carbocycles. The molecule has 118 valence electrons. The fourth-order valence-corrected chi connectivity index (χ4v) is 3.68. The number of anilines is 1. The first-order valence-corrected chi connectivity index (χ1v) is 8.73. The second kappa shape index (κ2) is 6.77. The van der Waals surface area contributed by atoms with Gasteiger partial charge in [-0.05, 0) is 12.1 Å². The summed E-state index contributed by atoms with van der Waals surface area (Å²) in [6.45, 7) is 4.74. The highest BCUT2D eigenvalue weighted by molar-refractivity contribution is 7.89. The smallest absolute Gasteiger partial charge is 0.215 e. The Balaban J connectivity index is 2.11. The molecule has 0 saturated heterocycles. The van der Waals surface area contributed by atoms with E-state index in [-0.39, 0.29) is 12.3 Å². The third-order valence-electron chi connectivity index (χ3n) is 3.39. The van der Waals surface area contributed by atoms with Crippen molar-refractivity contribution in [2.75, 3.05) is 30.7 Å². The standard InChI is InChI=1S/C14H19N5O2S/c1-3-18(4-2)22(20,21)10-8-16-14-12(11-15)19-9-6-5-7-13(19)17-14/h5-7,9,16H,3-4,8,10H2,1-2H3. The molecule has 1 N–H and O–H groups in total. The SMILES string of the molecule is CCN(CC)S(=O)(=O)CCNc1nc2ccccn2c1C#N. The predicted molar refractivity (Wildman–Crippen MR) is 85.1 cm³/mol. The Morgan fingerprint density at radius 3 is 2.73 bits per heavy atom. The van der Waals surface area contributed by atoms with Gasteiger partial charge in [0, 0.05) is 25.8 Å². The van der Waals surface area contributed by atoms with Crippen LogP contribution in [0.15, 0.2) is 24.4 Å². The minimum absolute atomic E-state index is 0.0343. The van der Waals surface area contributed by atoms with E-state index in [1.165, 1.54) is 4.31 Å². The minimum atomic E-state index is -3.29. The summed E-state index contributed by atoms with van der Waals surface area (Å²) < 4.78 is 27.3. The predicted octanol–water partition coefficient (Wildman–Crippen LogP) is 1.29. The van der Waals surface area contributed by atoms with E-state index >= 15 is 0 Å². The van der Waals surface area contributed by atoms with Crippen molar-refractivity contribution in [2.45, 2.75) is 13.8 Å². The molecule has 2 heterocycles. The summed E-state index contributed by atoms with van der Waals surface area (Å²) in [5.41, 5.74) is 1.02. The molecule has 22 heavy (non-hydrogen) atoms. The number of nitrogens with zero attached hydrogens (tertiary/aromatic N) is 4. The van der Waals surface area contributed by atoms with Crippen molar-refractivity contribution in [3.63, 3.8) is 0 Å². The zero-order chi connectivity index (χ0) is 16.2. The molecule has 2 aromatic rings. The van der Waals surface area contributed by atoms with Gasteiger partial charge in [-0.1, -0.05) is 19.9 Å². The number of rotatable bonds is 7. The number of hydrogen-bond donors (Lipinski definition) is 1. The van der Waals surface area contributed by atoms with Crippen LogP contribution in [0.1, 0.15) is 19.5 Å². The van der Waals surface area contributed by atoms with Crippen molar-refractivity contribution in [3.05, 3.63) is 30.1 Å². The summed E-state index contributed by atoms with van der Waals surface area (Å²) in [4.78, 5) is 4.31. The van der Waals surface area contributed by atoms with Gasteiger partial charge in [-0.3, -0.25) is 4.40 Å².